The first kappa shape index (κ1) is 11.1. The van der Waals surface area contributed by atoms with Crippen molar-refractivity contribution in [3.63, 3.8) is 0 Å². The molecule has 0 saturated carbocycles. The molecule has 0 spiro atoms. The summed E-state index contributed by atoms with van der Waals surface area (Å²) >= 11 is 0. The van der Waals surface area contributed by atoms with Gasteiger partial charge in [0.1, 0.15) is 0 Å². The fraction of sp³-hybridized carbons (Fsp3) is 0.462. The maximum atomic E-state index is 11.6. The van der Waals surface area contributed by atoms with Gasteiger partial charge in [-0.1, -0.05) is 18.2 Å². The van der Waals surface area contributed by atoms with Gasteiger partial charge in [-0.2, -0.15) is 0 Å². The zero-order chi connectivity index (χ0) is 11.5. The minimum atomic E-state index is 0.109. The van der Waals surface area contributed by atoms with Crippen molar-refractivity contribution in [3.8, 4) is 0 Å². The lowest BCUT2D eigenvalue weighted by molar-refractivity contribution is -0.116. The number of hydrogen-bond acceptors (Lipinski definition) is 2. The number of para-hydroxylation sites is 1. The summed E-state index contributed by atoms with van der Waals surface area (Å²) in [6, 6.07) is 8.50. The van der Waals surface area contributed by atoms with Crippen molar-refractivity contribution in [1.82, 2.24) is 4.90 Å². The lowest BCUT2D eigenvalue weighted by Gasteiger charge is -2.29. The molecule has 16 heavy (non-hydrogen) atoms. The van der Waals surface area contributed by atoms with E-state index in [2.05, 4.69) is 30.1 Å². The highest BCUT2D eigenvalue weighted by atomic mass is 16.1. The van der Waals surface area contributed by atoms with Crippen molar-refractivity contribution in [2.24, 2.45) is 0 Å². The smallest absolute Gasteiger partial charge is 0.225 e. The molecule has 0 fully saturated rings. The molecule has 0 bridgehead atoms. The van der Waals surface area contributed by atoms with Gasteiger partial charge in [0.15, 0.2) is 0 Å². The first-order valence-corrected chi connectivity index (χ1v) is 5.78. The highest BCUT2D eigenvalue weighted by molar-refractivity contribution is 5.91. The summed E-state index contributed by atoms with van der Waals surface area (Å²) in [5.74, 6) is 0.109. The largest absolute Gasteiger partial charge is 0.326 e. The third-order valence-corrected chi connectivity index (χ3v) is 3.02. The second-order valence-electron chi connectivity index (χ2n) is 4.52. The number of nitrogens with zero attached hydrogens (tertiary/aromatic N) is 1. The number of anilines is 1. The van der Waals surface area contributed by atoms with Crippen LogP contribution in [0.3, 0.4) is 0 Å². The third kappa shape index (κ3) is 2.42. The number of hydrogen-bond donors (Lipinski definition) is 1. The van der Waals surface area contributed by atoms with Crippen LogP contribution in [-0.4, -0.2) is 23.4 Å². The van der Waals surface area contributed by atoms with E-state index in [1.807, 2.05) is 18.2 Å². The van der Waals surface area contributed by atoms with Crippen molar-refractivity contribution in [3.05, 3.63) is 29.8 Å². The average molecular weight is 218 g/mol. The summed E-state index contributed by atoms with van der Waals surface area (Å²) < 4.78 is 0. The predicted octanol–water partition coefficient (Wildman–Crippen LogP) is 2.24. The van der Waals surface area contributed by atoms with Crippen LogP contribution < -0.4 is 5.32 Å². The SMILES string of the molecule is CC(C)N1CCC(=O)Nc2ccccc2C1. The molecule has 1 aromatic carbocycles. The summed E-state index contributed by atoms with van der Waals surface area (Å²) in [5, 5.41) is 2.96. The van der Waals surface area contributed by atoms with Crippen LogP contribution in [0.5, 0.6) is 0 Å². The number of rotatable bonds is 1. The molecule has 3 heteroatoms. The van der Waals surface area contributed by atoms with Gasteiger partial charge in [-0.15, -0.1) is 0 Å². The lowest BCUT2D eigenvalue weighted by Crippen LogP contribution is -2.35. The first-order valence-electron chi connectivity index (χ1n) is 5.78. The van der Waals surface area contributed by atoms with Crippen molar-refractivity contribution in [1.29, 1.82) is 0 Å². The number of carbonyl (C=O) groups excluding carboxylic acids is 1. The van der Waals surface area contributed by atoms with Crippen molar-refractivity contribution >= 4 is 11.6 Å². The first-order chi connectivity index (χ1) is 7.66. The Bertz CT molecular complexity index is 387. The van der Waals surface area contributed by atoms with E-state index in [-0.39, 0.29) is 5.91 Å². The van der Waals surface area contributed by atoms with Gasteiger partial charge in [0.25, 0.3) is 0 Å². The number of nitrogens with one attached hydrogen (secondary N) is 1. The molecule has 0 radical (unpaired) electrons. The zero-order valence-electron chi connectivity index (χ0n) is 9.86. The molecule has 2 rings (SSSR count). The highest BCUT2D eigenvalue weighted by Crippen LogP contribution is 2.20. The molecule has 1 N–H and O–H groups in total. The highest BCUT2D eigenvalue weighted by Gasteiger charge is 2.17. The second kappa shape index (κ2) is 4.66. The molecular formula is C13H18N2O. The Kier molecular flexibility index (Phi) is 3.25. The predicted molar refractivity (Wildman–Crippen MR) is 65.2 cm³/mol. The van der Waals surface area contributed by atoms with Gasteiger partial charge in [-0.3, -0.25) is 9.69 Å². The molecule has 0 atom stereocenters. The van der Waals surface area contributed by atoms with Crippen LogP contribution in [0.2, 0.25) is 0 Å². The summed E-state index contributed by atoms with van der Waals surface area (Å²) in [7, 11) is 0. The van der Waals surface area contributed by atoms with E-state index in [1.54, 1.807) is 0 Å². The van der Waals surface area contributed by atoms with Crippen molar-refractivity contribution in [2.45, 2.75) is 32.9 Å². The van der Waals surface area contributed by atoms with Crippen molar-refractivity contribution < 1.29 is 4.79 Å². The summed E-state index contributed by atoms with van der Waals surface area (Å²) in [6.45, 7) is 6.08. The second-order valence-corrected chi connectivity index (χ2v) is 4.52. The fourth-order valence-corrected chi connectivity index (χ4v) is 1.98. The molecule has 1 aliphatic rings. The van der Waals surface area contributed by atoms with E-state index in [4.69, 9.17) is 0 Å². The quantitative estimate of drug-likeness (QED) is 0.784. The Balaban J connectivity index is 2.29. The van der Waals surface area contributed by atoms with Crippen LogP contribution in [0.4, 0.5) is 5.69 Å². The number of carbonyl (C=O) groups is 1. The normalized spacial score (nSPS) is 17.6. The fourth-order valence-electron chi connectivity index (χ4n) is 1.98. The molecule has 1 amide bonds. The van der Waals surface area contributed by atoms with Crippen LogP contribution in [0, 0.1) is 0 Å². The topological polar surface area (TPSA) is 32.3 Å². The number of benzene rings is 1. The number of fused-ring (bicyclic) bond motifs is 1. The van der Waals surface area contributed by atoms with Gasteiger partial charge in [-0.05, 0) is 25.5 Å². The van der Waals surface area contributed by atoms with E-state index in [1.165, 1.54) is 5.56 Å². The van der Waals surface area contributed by atoms with E-state index in [0.717, 1.165) is 18.8 Å². The molecule has 0 aromatic heterocycles. The van der Waals surface area contributed by atoms with Crippen LogP contribution in [-0.2, 0) is 11.3 Å². The molecule has 1 aliphatic heterocycles. The summed E-state index contributed by atoms with van der Waals surface area (Å²) in [4.78, 5) is 14.0. The monoisotopic (exact) mass is 218 g/mol. The standard InChI is InChI=1S/C13H18N2O/c1-10(2)15-8-7-13(16)14-12-6-4-3-5-11(12)9-15/h3-6,10H,7-9H2,1-2H3,(H,14,16). The van der Waals surface area contributed by atoms with E-state index in [0.29, 0.717) is 12.5 Å². The van der Waals surface area contributed by atoms with Crippen LogP contribution >= 0.6 is 0 Å². The minimum Gasteiger partial charge on any atom is -0.326 e. The molecular weight excluding hydrogens is 200 g/mol. The zero-order valence-corrected chi connectivity index (χ0v) is 9.86. The minimum absolute atomic E-state index is 0.109. The molecule has 0 saturated heterocycles. The van der Waals surface area contributed by atoms with Gasteiger partial charge in [0.05, 0.1) is 0 Å². The Labute approximate surface area is 96.5 Å². The van der Waals surface area contributed by atoms with Crippen LogP contribution in [0.25, 0.3) is 0 Å². The third-order valence-electron chi connectivity index (χ3n) is 3.02. The Hall–Kier alpha value is -1.35. The Morgan fingerprint density at radius 1 is 1.31 bits per heavy atom. The summed E-state index contributed by atoms with van der Waals surface area (Å²) in [6.07, 6.45) is 0.576. The molecule has 3 nitrogen and oxygen atoms in total. The van der Waals surface area contributed by atoms with E-state index in [9.17, 15) is 4.79 Å². The lowest BCUT2D eigenvalue weighted by atomic mass is 10.1. The summed E-state index contributed by atoms with van der Waals surface area (Å²) in [5.41, 5.74) is 2.15. The molecule has 1 heterocycles. The maximum absolute atomic E-state index is 11.6. The average Bonchev–Trinajstić information content (AvgIpc) is 2.22. The molecule has 0 aliphatic carbocycles. The van der Waals surface area contributed by atoms with Gasteiger partial charge < -0.3 is 5.32 Å². The van der Waals surface area contributed by atoms with Gasteiger partial charge >= 0.3 is 0 Å². The molecule has 0 unspecified atom stereocenters. The van der Waals surface area contributed by atoms with Gasteiger partial charge in [0.2, 0.25) is 5.91 Å². The van der Waals surface area contributed by atoms with Gasteiger partial charge in [-0.25, -0.2) is 0 Å². The molecule has 86 valence electrons. The van der Waals surface area contributed by atoms with Crippen molar-refractivity contribution in [2.75, 3.05) is 11.9 Å². The van der Waals surface area contributed by atoms with E-state index < -0.39 is 0 Å². The van der Waals surface area contributed by atoms with E-state index >= 15 is 0 Å². The van der Waals surface area contributed by atoms with Crippen LogP contribution in [0.15, 0.2) is 24.3 Å². The van der Waals surface area contributed by atoms with Crippen LogP contribution in [0.1, 0.15) is 25.8 Å². The maximum Gasteiger partial charge on any atom is 0.225 e. The van der Waals surface area contributed by atoms with Gasteiger partial charge in [0, 0.05) is 31.2 Å². The molecule has 1 aromatic rings. The Morgan fingerprint density at radius 2 is 2.06 bits per heavy atom. The number of amides is 1. The Morgan fingerprint density at radius 3 is 2.81 bits per heavy atom.